The molecule has 3 nitrogen and oxygen atoms in total. The second-order valence-electron chi connectivity index (χ2n) is 5.93. The van der Waals surface area contributed by atoms with E-state index < -0.39 is 54.4 Å². The number of unbranched alkanes of at least 4 members (excludes halogenated alkanes) is 1. The molecule has 0 bridgehead atoms. The van der Waals surface area contributed by atoms with E-state index in [0.29, 0.717) is 6.42 Å². The third kappa shape index (κ3) is 4.85. The van der Waals surface area contributed by atoms with E-state index in [-0.39, 0.29) is 13.0 Å². The topological polar surface area (TPSA) is 38.3 Å². The smallest absolute Gasteiger partial charge is 0.443 e. The molecule has 0 rings (SSSR count). The molecule has 18 heteroatoms. The summed E-state index contributed by atoms with van der Waals surface area (Å²) in [4.78, 5) is 10.9. The molecular weight excluding hydrogens is 487 g/mol. The first kappa shape index (κ1) is 29.2. The lowest BCUT2D eigenvalue weighted by molar-refractivity contribution is -0.453. The summed E-state index contributed by atoms with van der Waals surface area (Å²) < 4.78 is 197. The molecule has 0 aromatic rings. The SMILES string of the molecule is CCCCNC(=O)OCC(F)(F)C(F)(F)C(F)(F)C(F)(F)C(F)(F)C(F)(F)C(F)(F)F. The van der Waals surface area contributed by atoms with Crippen molar-refractivity contribution >= 4 is 6.09 Å². The summed E-state index contributed by atoms with van der Waals surface area (Å²) in [6.45, 7) is -1.91. The fraction of sp³-hybridized carbons (Fsp3) is 0.923. The van der Waals surface area contributed by atoms with E-state index in [2.05, 4.69) is 4.74 Å². The maximum Gasteiger partial charge on any atom is 0.460 e. The van der Waals surface area contributed by atoms with E-state index in [1.807, 2.05) is 0 Å². The Hall–Kier alpha value is -1.78. The molecule has 0 unspecified atom stereocenters. The molecule has 0 saturated heterocycles. The molecule has 0 aliphatic carbocycles. The van der Waals surface area contributed by atoms with Crippen LogP contribution in [0.5, 0.6) is 0 Å². The van der Waals surface area contributed by atoms with Gasteiger partial charge in [-0.05, 0) is 6.42 Å². The van der Waals surface area contributed by atoms with Gasteiger partial charge in [0.2, 0.25) is 0 Å². The maximum atomic E-state index is 13.4. The largest absolute Gasteiger partial charge is 0.460 e. The molecule has 0 radical (unpaired) electrons. The quantitative estimate of drug-likeness (QED) is 0.301. The van der Waals surface area contributed by atoms with Gasteiger partial charge in [0, 0.05) is 6.54 Å². The Morgan fingerprint density at radius 1 is 0.677 bits per heavy atom. The highest BCUT2D eigenvalue weighted by Crippen LogP contribution is 2.62. The van der Waals surface area contributed by atoms with Gasteiger partial charge in [-0.1, -0.05) is 13.3 Å². The Bertz CT molecular complexity index is 629. The molecule has 0 aliphatic rings. The summed E-state index contributed by atoms with van der Waals surface area (Å²) in [6.07, 6.45) is -9.05. The number of rotatable bonds is 10. The van der Waals surface area contributed by atoms with Crippen LogP contribution in [0.2, 0.25) is 0 Å². The van der Waals surface area contributed by atoms with E-state index in [1.54, 1.807) is 12.2 Å². The van der Waals surface area contributed by atoms with Crippen LogP contribution in [0.15, 0.2) is 0 Å². The van der Waals surface area contributed by atoms with Gasteiger partial charge < -0.3 is 10.1 Å². The number of ether oxygens (including phenoxy) is 1. The molecule has 0 aliphatic heterocycles. The monoisotopic (exact) mass is 499 g/mol. The molecule has 0 fully saturated rings. The zero-order chi connectivity index (χ0) is 25.3. The lowest BCUT2D eigenvalue weighted by Gasteiger charge is -2.41. The van der Waals surface area contributed by atoms with Crippen molar-refractivity contribution in [2.45, 2.75) is 61.5 Å². The second kappa shape index (κ2) is 8.63. The normalized spacial score (nSPS) is 15.1. The Morgan fingerprint density at radius 2 is 1.06 bits per heavy atom. The van der Waals surface area contributed by atoms with Gasteiger partial charge in [-0.25, -0.2) is 4.79 Å². The maximum absolute atomic E-state index is 13.4. The van der Waals surface area contributed by atoms with Crippen LogP contribution in [0, 0.1) is 0 Å². The zero-order valence-corrected chi connectivity index (χ0v) is 14.8. The van der Waals surface area contributed by atoms with Crippen molar-refractivity contribution in [2.75, 3.05) is 13.2 Å². The molecule has 0 aromatic heterocycles. The molecule has 0 spiro atoms. The fourth-order valence-electron chi connectivity index (χ4n) is 1.66. The zero-order valence-electron chi connectivity index (χ0n) is 14.8. The number of hydrogen-bond acceptors (Lipinski definition) is 2. The standard InChI is InChI=1S/C13H12F15NO2/c1-2-3-4-29-6(30)31-5-7(14,15)8(16,17)9(18,19)10(20,21)11(22,23)12(24,25)13(26,27)28/h2-5H2,1H3,(H,29,30). The Kier molecular flexibility index (Phi) is 8.14. The van der Waals surface area contributed by atoms with Crippen molar-refractivity contribution in [2.24, 2.45) is 0 Å². The molecule has 0 heterocycles. The van der Waals surface area contributed by atoms with Crippen molar-refractivity contribution < 1.29 is 75.4 Å². The number of carbonyl (C=O) groups excluding carboxylic acids is 1. The number of alkyl carbamates (subject to hydrolysis) is 1. The summed E-state index contributed by atoms with van der Waals surface area (Å²) in [5.74, 6) is -47.2. The summed E-state index contributed by atoms with van der Waals surface area (Å²) in [7, 11) is 0. The van der Waals surface area contributed by atoms with Crippen molar-refractivity contribution in [1.82, 2.24) is 5.32 Å². The Balaban J connectivity index is 5.96. The Morgan fingerprint density at radius 3 is 1.45 bits per heavy atom. The summed E-state index contributed by atoms with van der Waals surface area (Å²) in [5, 5.41) is 1.62. The third-order valence-corrected chi connectivity index (χ3v) is 3.58. The van der Waals surface area contributed by atoms with Gasteiger partial charge in [0.05, 0.1) is 0 Å². The number of halogens is 15. The van der Waals surface area contributed by atoms with Crippen molar-refractivity contribution in [3.8, 4) is 0 Å². The average molecular weight is 499 g/mol. The lowest BCUT2D eigenvalue weighted by Crippen LogP contribution is -2.73. The van der Waals surface area contributed by atoms with E-state index in [1.165, 1.54) is 0 Å². The van der Waals surface area contributed by atoms with E-state index in [9.17, 15) is 70.7 Å². The van der Waals surface area contributed by atoms with E-state index >= 15 is 0 Å². The first-order chi connectivity index (χ1) is 13.5. The predicted molar refractivity (Wildman–Crippen MR) is 70.0 cm³/mol. The van der Waals surface area contributed by atoms with Crippen LogP contribution in [0.25, 0.3) is 0 Å². The summed E-state index contributed by atoms with van der Waals surface area (Å²) in [5.41, 5.74) is 0. The van der Waals surface area contributed by atoms with Crippen LogP contribution in [0.1, 0.15) is 19.8 Å². The molecule has 186 valence electrons. The van der Waals surface area contributed by atoms with E-state index in [0.717, 1.165) is 0 Å². The van der Waals surface area contributed by atoms with Crippen LogP contribution < -0.4 is 5.32 Å². The van der Waals surface area contributed by atoms with Crippen LogP contribution in [0.3, 0.4) is 0 Å². The minimum absolute atomic E-state index is 0.175. The average Bonchev–Trinajstić information content (AvgIpc) is 2.58. The predicted octanol–water partition coefficient (Wildman–Crippen LogP) is 5.89. The van der Waals surface area contributed by atoms with Crippen LogP contribution in [-0.2, 0) is 4.74 Å². The molecule has 0 atom stereocenters. The number of hydrogen-bond donors (Lipinski definition) is 1. The molecule has 0 aromatic carbocycles. The molecule has 0 saturated carbocycles. The second-order valence-corrected chi connectivity index (χ2v) is 5.93. The highest BCUT2D eigenvalue weighted by atomic mass is 19.4. The van der Waals surface area contributed by atoms with Gasteiger partial charge in [-0.2, -0.15) is 65.9 Å². The highest BCUT2D eigenvalue weighted by Gasteiger charge is 2.93. The minimum Gasteiger partial charge on any atom is -0.443 e. The molecule has 31 heavy (non-hydrogen) atoms. The van der Waals surface area contributed by atoms with Crippen molar-refractivity contribution in [3.63, 3.8) is 0 Å². The summed E-state index contributed by atoms with van der Waals surface area (Å²) in [6, 6.07) is 0. The first-order valence-corrected chi connectivity index (χ1v) is 7.70. The number of carbonyl (C=O) groups is 1. The minimum atomic E-state index is -8.37. The molecular formula is C13H12F15NO2. The van der Waals surface area contributed by atoms with Crippen LogP contribution in [0.4, 0.5) is 70.7 Å². The highest BCUT2D eigenvalue weighted by molar-refractivity contribution is 5.67. The fourth-order valence-corrected chi connectivity index (χ4v) is 1.66. The summed E-state index contributed by atoms with van der Waals surface area (Å²) >= 11 is 0. The van der Waals surface area contributed by atoms with Crippen molar-refractivity contribution in [3.05, 3.63) is 0 Å². The van der Waals surface area contributed by atoms with Gasteiger partial charge in [-0.15, -0.1) is 0 Å². The van der Waals surface area contributed by atoms with Gasteiger partial charge in [0.1, 0.15) is 0 Å². The van der Waals surface area contributed by atoms with Crippen LogP contribution in [-0.4, -0.2) is 61.0 Å². The lowest BCUT2D eigenvalue weighted by atomic mass is 9.91. The van der Waals surface area contributed by atoms with Crippen molar-refractivity contribution in [1.29, 1.82) is 0 Å². The third-order valence-electron chi connectivity index (χ3n) is 3.58. The molecule has 1 N–H and O–H groups in total. The number of amides is 1. The van der Waals surface area contributed by atoms with Gasteiger partial charge in [-0.3, -0.25) is 0 Å². The number of alkyl halides is 15. The van der Waals surface area contributed by atoms with Gasteiger partial charge in [0.15, 0.2) is 6.61 Å². The Labute approximate surface area is 162 Å². The van der Waals surface area contributed by atoms with E-state index in [4.69, 9.17) is 0 Å². The van der Waals surface area contributed by atoms with Gasteiger partial charge in [0.25, 0.3) is 0 Å². The first-order valence-electron chi connectivity index (χ1n) is 7.70. The van der Waals surface area contributed by atoms with Gasteiger partial charge >= 0.3 is 47.8 Å². The van der Waals surface area contributed by atoms with Crippen LogP contribution >= 0.6 is 0 Å². The number of nitrogens with one attached hydrogen (secondary N) is 1. The molecule has 1 amide bonds.